The van der Waals surface area contributed by atoms with E-state index in [2.05, 4.69) is 15.6 Å². The van der Waals surface area contributed by atoms with Gasteiger partial charge in [0, 0.05) is 48.0 Å². The summed E-state index contributed by atoms with van der Waals surface area (Å²) in [5, 5.41) is 3.58. The number of anilines is 1. The normalized spacial score (nSPS) is 27.5. The Morgan fingerprint density at radius 2 is 2.00 bits per heavy atom. The van der Waals surface area contributed by atoms with Gasteiger partial charge in [0.15, 0.2) is 5.82 Å². The lowest BCUT2D eigenvalue weighted by atomic mass is 9.98. The summed E-state index contributed by atoms with van der Waals surface area (Å²) in [5.41, 5.74) is 0. The highest BCUT2D eigenvalue weighted by molar-refractivity contribution is 8.00. The first kappa shape index (κ1) is 22.5. The molecule has 0 aromatic carbocycles. The number of halogens is 4. The molecule has 0 saturated carbocycles. The van der Waals surface area contributed by atoms with Crippen LogP contribution in [0, 0.1) is 5.92 Å². The molecule has 1 amide bonds. The van der Waals surface area contributed by atoms with Crippen LogP contribution in [0.4, 0.5) is 19.0 Å². The first-order chi connectivity index (χ1) is 14.5. The summed E-state index contributed by atoms with van der Waals surface area (Å²) in [5.74, 6) is 3.28. The number of thiophene rings is 1. The van der Waals surface area contributed by atoms with Crippen LogP contribution in [0.1, 0.15) is 29.5 Å². The number of hydrogen-bond donors (Lipinski definition) is 0. The maximum absolute atomic E-state index is 13.3. The third kappa shape index (κ3) is 4.88. The van der Waals surface area contributed by atoms with E-state index >= 15 is 0 Å². The molecule has 2 aromatic heterocycles. The second-order valence-electron chi connectivity index (χ2n) is 7.83. The van der Waals surface area contributed by atoms with E-state index in [1.165, 1.54) is 11.3 Å². The van der Waals surface area contributed by atoms with Crippen molar-refractivity contribution in [1.82, 2.24) is 10.1 Å². The topological polar surface area (TPSA) is 66.7 Å². The molecule has 2 fully saturated rings. The van der Waals surface area contributed by atoms with Crippen LogP contribution in [-0.2, 0) is 20.5 Å². The van der Waals surface area contributed by atoms with Crippen LogP contribution in [0.25, 0.3) is 0 Å². The summed E-state index contributed by atoms with van der Waals surface area (Å²) < 4.78 is 55.9. The molecule has 6 nitrogen and oxygen atoms in total. The summed E-state index contributed by atoms with van der Waals surface area (Å²) in [4.78, 5) is 17.6. The van der Waals surface area contributed by atoms with E-state index in [0.717, 1.165) is 10.9 Å². The Labute approximate surface area is 186 Å². The van der Waals surface area contributed by atoms with Crippen molar-refractivity contribution in [3.05, 3.63) is 33.2 Å². The van der Waals surface area contributed by atoms with Gasteiger partial charge in [-0.3, -0.25) is 9.00 Å². The maximum Gasteiger partial charge on any atom is 0.452 e. The summed E-state index contributed by atoms with van der Waals surface area (Å²) in [6.45, 7) is 0.915. The molecule has 0 N–H and O–H groups in total. The summed E-state index contributed by atoms with van der Waals surface area (Å²) in [7, 11) is -2.10. The number of alkyl halides is 3. The monoisotopic (exact) mass is 495 g/mol. The Morgan fingerprint density at radius 1 is 1.29 bits per heavy atom. The van der Waals surface area contributed by atoms with E-state index in [0.29, 0.717) is 41.8 Å². The van der Waals surface area contributed by atoms with Gasteiger partial charge >= 0.3 is 6.18 Å². The average molecular weight is 496 g/mol. The third-order valence-corrected chi connectivity index (χ3v) is 9.00. The molecule has 0 aliphatic carbocycles. The number of hydrogen-bond acceptors (Lipinski definition) is 6. The Morgan fingerprint density at radius 3 is 2.58 bits per heavy atom. The van der Waals surface area contributed by atoms with Gasteiger partial charge in [0.2, 0.25) is 11.7 Å². The number of carbonyl (C=O) groups excluding carboxylic acids is 1. The fraction of sp³-hybridized carbons (Fsp3) is 0.526. The second-order valence-corrected chi connectivity index (χ2v) is 12.3. The number of nitrogens with zero attached hydrogens (tertiary/aromatic N) is 3. The molecular weight excluding hydrogens is 475 g/mol. The summed E-state index contributed by atoms with van der Waals surface area (Å²) >= 11 is 7.44. The highest BCUT2D eigenvalue weighted by Gasteiger charge is 2.40. The van der Waals surface area contributed by atoms with Crippen LogP contribution in [0.3, 0.4) is 0 Å². The van der Waals surface area contributed by atoms with Gasteiger partial charge in [0.1, 0.15) is 0 Å². The van der Waals surface area contributed by atoms with Crippen molar-refractivity contribution >= 4 is 50.1 Å². The minimum Gasteiger partial charge on any atom is -0.350 e. The number of aromatic nitrogens is 1. The largest absolute Gasteiger partial charge is 0.452 e. The molecule has 31 heavy (non-hydrogen) atoms. The van der Waals surface area contributed by atoms with Crippen LogP contribution < -0.4 is 4.90 Å². The van der Waals surface area contributed by atoms with Crippen LogP contribution in [0.5, 0.6) is 0 Å². The minimum absolute atomic E-state index is 0.0276. The zero-order valence-electron chi connectivity index (χ0n) is 16.4. The van der Waals surface area contributed by atoms with Gasteiger partial charge in [-0.1, -0.05) is 16.8 Å². The molecular formula is C19H21ClF3N3O3S2. The molecule has 4 heterocycles. The van der Waals surface area contributed by atoms with Gasteiger partial charge < -0.3 is 14.3 Å². The number of amides is 1. The Hall–Kier alpha value is -1.72. The predicted octanol–water partition coefficient (Wildman–Crippen LogP) is 3.92. The van der Waals surface area contributed by atoms with Crippen molar-refractivity contribution < 1.29 is 26.7 Å². The van der Waals surface area contributed by atoms with Gasteiger partial charge in [-0.15, -0.1) is 11.3 Å². The molecule has 0 radical (unpaired) electrons. The van der Waals surface area contributed by atoms with E-state index in [1.807, 2.05) is 6.07 Å². The van der Waals surface area contributed by atoms with Crippen LogP contribution in [-0.4, -0.2) is 57.2 Å². The molecule has 170 valence electrons. The molecule has 12 heteroatoms. The van der Waals surface area contributed by atoms with E-state index in [1.54, 1.807) is 15.9 Å². The number of piperazine rings is 1. The van der Waals surface area contributed by atoms with Crippen molar-refractivity contribution in [2.75, 3.05) is 36.0 Å². The third-order valence-electron chi connectivity index (χ3n) is 5.71. The predicted molar refractivity (Wildman–Crippen MR) is 115 cm³/mol. The quantitative estimate of drug-likeness (QED) is 0.604. The molecule has 2 aliphatic heterocycles. The first-order valence-corrected chi connectivity index (χ1v) is 13.0. The Balaban J connectivity index is 1.56. The van der Waals surface area contributed by atoms with Crippen LogP contribution >= 0.6 is 22.9 Å². The van der Waals surface area contributed by atoms with Gasteiger partial charge in [0.25, 0.3) is 0 Å². The summed E-state index contributed by atoms with van der Waals surface area (Å²) in [6, 6.07) is 4.06. The fourth-order valence-corrected chi connectivity index (χ4v) is 6.79. The molecule has 1 atom stereocenters. The van der Waals surface area contributed by atoms with Gasteiger partial charge in [0.05, 0.1) is 10.4 Å². The molecule has 4 rings (SSSR count). The molecule has 2 aliphatic rings. The van der Waals surface area contributed by atoms with Crippen LogP contribution in [0.2, 0.25) is 4.34 Å². The Kier molecular flexibility index (Phi) is 6.04. The van der Waals surface area contributed by atoms with Gasteiger partial charge in [-0.25, -0.2) is 0 Å². The lowest BCUT2D eigenvalue weighted by Crippen LogP contribution is -2.52. The van der Waals surface area contributed by atoms with E-state index in [4.69, 9.17) is 11.6 Å². The average Bonchev–Trinajstić information content (AvgIpc) is 3.36. The second kappa shape index (κ2) is 8.32. The molecule has 2 aromatic rings. The van der Waals surface area contributed by atoms with Crippen molar-refractivity contribution in [3.63, 3.8) is 0 Å². The van der Waals surface area contributed by atoms with Crippen molar-refractivity contribution in [2.45, 2.75) is 25.1 Å². The van der Waals surface area contributed by atoms with E-state index < -0.39 is 21.5 Å². The van der Waals surface area contributed by atoms with Gasteiger partial charge in [-0.2, -0.15) is 13.2 Å². The lowest BCUT2D eigenvalue weighted by molar-refractivity contribution is -0.155. The minimum atomic E-state index is -4.61. The standard InChI is InChI=1S/C19H21ClF3N3O3S2/c1-31(28)8-4-12(5-9-31)18(27)26-7-6-25(11-13(26)14-2-3-16(20)30-14)17-10-15(29-24-17)19(21,22)23/h2-3,10,12-13H,1,4-9,11H2. The fourth-order valence-electron chi connectivity index (χ4n) is 4.00. The van der Waals surface area contributed by atoms with Crippen molar-refractivity contribution in [3.8, 4) is 0 Å². The first-order valence-electron chi connectivity index (χ1n) is 9.71. The SMILES string of the molecule is C=S1(=O)CCC(C(=O)N2CCN(c3cc(C(F)(F)F)on3)CC2c2ccc(Cl)s2)CC1. The number of rotatable bonds is 3. The van der Waals surface area contributed by atoms with Gasteiger partial charge in [-0.05, 0) is 40.4 Å². The zero-order valence-corrected chi connectivity index (χ0v) is 18.8. The summed E-state index contributed by atoms with van der Waals surface area (Å²) in [6.07, 6.45) is -3.56. The maximum atomic E-state index is 13.3. The smallest absolute Gasteiger partial charge is 0.350 e. The highest BCUT2D eigenvalue weighted by atomic mass is 35.5. The number of carbonyl (C=O) groups is 1. The van der Waals surface area contributed by atoms with Crippen molar-refractivity contribution in [1.29, 1.82) is 0 Å². The van der Waals surface area contributed by atoms with E-state index in [9.17, 15) is 22.2 Å². The lowest BCUT2D eigenvalue weighted by Gasteiger charge is -2.43. The molecule has 0 spiro atoms. The zero-order chi connectivity index (χ0) is 22.4. The van der Waals surface area contributed by atoms with E-state index in [-0.39, 0.29) is 30.2 Å². The molecule has 1 unspecified atom stereocenters. The highest BCUT2D eigenvalue weighted by Crippen LogP contribution is 2.37. The van der Waals surface area contributed by atoms with Crippen molar-refractivity contribution in [2.24, 2.45) is 5.92 Å². The molecule has 0 bridgehead atoms. The van der Waals surface area contributed by atoms with Crippen LogP contribution in [0.15, 0.2) is 22.7 Å². The molecule has 2 saturated heterocycles. The Bertz CT molecular complexity index is 1050.